The Morgan fingerprint density at radius 1 is 0.583 bits per heavy atom. The first-order valence-electron chi connectivity index (χ1n) is 19.5. The fourth-order valence-electron chi connectivity index (χ4n) is 6.00. The van der Waals surface area contributed by atoms with Crippen LogP contribution < -0.4 is 0 Å². The summed E-state index contributed by atoms with van der Waals surface area (Å²) >= 11 is 0. The predicted octanol–water partition coefficient (Wildman–Crippen LogP) is 10.3. The maximum Gasteiger partial charge on any atom is 0.306 e. The zero-order chi connectivity index (χ0) is 35.4. The summed E-state index contributed by atoms with van der Waals surface area (Å²) in [5, 5.41) is 0. The number of rotatable bonds is 31. The standard InChI is InChI=1S/C40H72N2O6/c1-33(2)18-15-20-35(5)30-39(44)46-28-13-9-7-11-22-37(48-38(43)24-17-26-42-27-25-41-32-42)23-12-8-10-14-29-47-40(45)31-36(6)21-16-19-34(3)4/h25,27,32-37H,7-24,26,28-31H2,1-6H3. The molecule has 278 valence electrons. The van der Waals surface area contributed by atoms with E-state index >= 15 is 0 Å². The van der Waals surface area contributed by atoms with Crippen molar-refractivity contribution in [3.05, 3.63) is 18.7 Å². The second-order valence-electron chi connectivity index (χ2n) is 15.1. The van der Waals surface area contributed by atoms with Crippen molar-refractivity contribution in [2.24, 2.45) is 23.7 Å². The van der Waals surface area contributed by atoms with Crippen LogP contribution in [0, 0.1) is 23.7 Å². The first-order chi connectivity index (χ1) is 23.0. The maximum absolute atomic E-state index is 12.6. The van der Waals surface area contributed by atoms with Gasteiger partial charge in [-0.2, -0.15) is 0 Å². The van der Waals surface area contributed by atoms with Crippen molar-refractivity contribution >= 4 is 17.9 Å². The Kier molecular flexibility index (Phi) is 25.9. The molecule has 0 radical (unpaired) electrons. The number of unbranched alkanes of at least 4 members (excludes halogenated alkanes) is 6. The van der Waals surface area contributed by atoms with Crippen LogP contribution in [0.1, 0.15) is 170 Å². The molecule has 2 unspecified atom stereocenters. The number of ether oxygens (including phenoxy) is 3. The van der Waals surface area contributed by atoms with Crippen molar-refractivity contribution in [2.75, 3.05) is 13.2 Å². The lowest BCUT2D eigenvalue weighted by Crippen LogP contribution is -2.19. The molecule has 8 heteroatoms. The fraction of sp³-hybridized carbons (Fsp3) is 0.850. The van der Waals surface area contributed by atoms with Gasteiger partial charge in [-0.3, -0.25) is 14.4 Å². The Morgan fingerprint density at radius 3 is 1.54 bits per heavy atom. The highest BCUT2D eigenvalue weighted by Crippen LogP contribution is 2.19. The zero-order valence-corrected chi connectivity index (χ0v) is 31.7. The van der Waals surface area contributed by atoms with Crippen LogP contribution in [0.4, 0.5) is 0 Å². The third-order valence-electron chi connectivity index (χ3n) is 9.01. The van der Waals surface area contributed by atoms with Gasteiger partial charge in [0.25, 0.3) is 0 Å². The van der Waals surface area contributed by atoms with E-state index in [9.17, 15) is 14.4 Å². The Balaban J connectivity index is 2.27. The Bertz CT molecular complexity index is 884. The van der Waals surface area contributed by atoms with Crippen molar-refractivity contribution in [1.82, 2.24) is 9.55 Å². The van der Waals surface area contributed by atoms with E-state index in [1.54, 1.807) is 12.5 Å². The molecule has 2 atom stereocenters. The van der Waals surface area contributed by atoms with Gasteiger partial charge in [0.1, 0.15) is 6.10 Å². The number of carbonyl (C=O) groups excluding carboxylic acids is 3. The third kappa shape index (κ3) is 26.6. The smallest absolute Gasteiger partial charge is 0.306 e. The Hall–Kier alpha value is -2.38. The second kappa shape index (κ2) is 28.5. The van der Waals surface area contributed by atoms with E-state index in [-0.39, 0.29) is 24.0 Å². The molecule has 0 saturated heterocycles. The highest BCUT2D eigenvalue weighted by Gasteiger charge is 2.15. The fourth-order valence-corrected chi connectivity index (χ4v) is 6.00. The number of hydrogen-bond donors (Lipinski definition) is 0. The summed E-state index contributed by atoms with van der Waals surface area (Å²) in [7, 11) is 0. The molecule has 0 aromatic carbocycles. The van der Waals surface area contributed by atoms with Crippen molar-refractivity contribution in [3.63, 3.8) is 0 Å². The molecule has 0 fully saturated rings. The summed E-state index contributed by atoms with van der Waals surface area (Å²) in [4.78, 5) is 41.0. The van der Waals surface area contributed by atoms with Gasteiger partial charge in [-0.05, 0) is 68.6 Å². The molecule has 8 nitrogen and oxygen atoms in total. The molecule has 0 aliphatic carbocycles. The molecule has 0 bridgehead atoms. The van der Waals surface area contributed by atoms with Crippen molar-refractivity contribution in [3.8, 4) is 0 Å². The van der Waals surface area contributed by atoms with Crippen molar-refractivity contribution < 1.29 is 28.6 Å². The van der Waals surface area contributed by atoms with Crippen LogP contribution in [-0.4, -0.2) is 46.8 Å². The lowest BCUT2D eigenvalue weighted by molar-refractivity contribution is -0.150. The summed E-state index contributed by atoms with van der Waals surface area (Å²) < 4.78 is 18.9. The van der Waals surface area contributed by atoms with E-state index in [1.165, 1.54) is 25.7 Å². The lowest BCUT2D eigenvalue weighted by Gasteiger charge is -2.18. The minimum atomic E-state index is -0.129. The summed E-state index contributed by atoms with van der Waals surface area (Å²) in [5.74, 6) is 1.89. The average molecular weight is 677 g/mol. The van der Waals surface area contributed by atoms with Gasteiger partial charge in [0.15, 0.2) is 0 Å². The molecular formula is C40H72N2O6. The van der Waals surface area contributed by atoms with Crippen LogP contribution in [0.15, 0.2) is 18.7 Å². The van der Waals surface area contributed by atoms with Gasteiger partial charge in [0.05, 0.1) is 19.5 Å². The van der Waals surface area contributed by atoms with Gasteiger partial charge in [0.2, 0.25) is 0 Å². The monoisotopic (exact) mass is 677 g/mol. The quantitative estimate of drug-likeness (QED) is 0.0439. The lowest BCUT2D eigenvalue weighted by atomic mass is 9.97. The van der Waals surface area contributed by atoms with E-state index in [0.717, 1.165) is 90.0 Å². The second-order valence-corrected chi connectivity index (χ2v) is 15.1. The van der Waals surface area contributed by atoms with Crippen LogP contribution in [0.5, 0.6) is 0 Å². The Labute approximate surface area is 293 Å². The summed E-state index contributed by atoms with van der Waals surface area (Å²) in [6, 6.07) is 0. The van der Waals surface area contributed by atoms with Crippen LogP contribution in [0.2, 0.25) is 0 Å². The number of imidazole rings is 1. The maximum atomic E-state index is 12.6. The SMILES string of the molecule is CC(C)CCCC(C)CC(=O)OCCCCCCC(CCCCCCOC(=O)CC(C)CCCC(C)C)OC(=O)CCCn1ccnc1. The normalized spacial score (nSPS) is 13.4. The topological polar surface area (TPSA) is 96.7 Å². The molecule has 1 rings (SSSR count). The minimum Gasteiger partial charge on any atom is -0.466 e. The molecule has 0 aliphatic heterocycles. The minimum absolute atomic E-state index is 0.0734. The number of hydrogen-bond acceptors (Lipinski definition) is 7. The predicted molar refractivity (Wildman–Crippen MR) is 194 cm³/mol. The molecular weight excluding hydrogens is 604 g/mol. The van der Waals surface area contributed by atoms with Crippen LogP contribution in [0.3, 0.4) is 0 Å². The van der Waals surface area contributed by atoms with Crippen molar-refractivity contribution in [1.29, 1.82) is 0 Å². The molecule has 0 amide bonds. The third-order valence-corrected chi connectivity index (χ3v) is 9.01. The zero-order valence-electron chi connectivity index (χ0n) is 31.7. The van der Waals surface area contributed by atoms with Gasteiger partial charge in [0, 0.05) is 38.2 Å². The molecule has 1 aromatic heterocycles. The molecule has 0 saturated carbocycles. The number of esters is 3. The largest absolute Gasteiger partial charge is 0.466 e. The molecule has 0 N–H and O–H groups in total. The Morgan fingerprint density at radius 2 is 1.08 bits per heavy atom. The van der Waals surface area contributed by atoms with E-state index < -0.39 is 0 Å². The first kappa shape index (κ1) is 43.6. The van der Waals surface area contributed by atoms with Gasteiger partial charge in [-0.1, -0.05) is 106 Å². The molecule has 0 aliphatic rings. The van der Waals surface area contributed by atoms with Crippen LogP contribution >= 0.6 is 0 Å². The summed E-state index contributed by atoms with van der Waals surface area (Å²) in [6.07, 6.45) is 23.9. The summed E-state index contributed by atoms with van der Waals surface area (Å²) in [6.45, 7) is 14.9. The van der Waals surface area contributed by atoms with Crippen molar-refractivity contribution in [2.45, 2.75) is 183 Å². The molecule has 48 heavy (non-hydrogen) atoms. The highest BCUT2D eigenvalue weighted by molar-refractivity contribution is 5.70. The van der Waals surface area contributed by atoms with Crippen LogP contribution in [0.25, 0.3) is 0 Å². The van der Waals surface area contributed by atoms with E-state index in [1.807, 2.05) is 10.8 Å². The molecule has 1 aromatic rings. The number of carbonyl (C=O) groups is 3. The van der Waals surface area contributed by atoms with E-state index in [0.29, 0.717) is 56.1 Å². The van der Waals surface area contributed by atoms with Gasteiger partial charge >= 0.3 is 17.9 Å². The van der Waals surface area contributed by atoms with Crippen LogP contribution in [-0.2, 0) is 35.1 Å². The summed E-state index contributed by atoms with van der Waals surface area (Å²) in [5.41, 5.74) is 0. The van der Waals surface area contributed by atoms with E-state index in [2.05, 4.69) is 46.5 Å². The van der Waals surface area contributed by atoms with Gasteiger partial charge in [-0.15, -0.1) is 0 Å². The highest BCUT2D eigenvalue weighted by atomic mass is 16.5. The molecule has 1 heterocycles. The first-order valence-corrected chi connectivity index (χ1v) is 19.5. The number of nitrogens with zero attached hydrogens (tertiary/aromatic N) is 2. The van der Waals surface area contributed by atoms with Gasteiger partial charge in [-0.25, -0.2) is 4.98 Å². The number of aryl methyl sites for hydroxylation is 1. The number of aromatic nitrogens is 2. The molecule has 0 spiro atoms. The van der Waals surface area contributed by atoms with E-state index in [4.69, 9.17) is 14.2 Å². The van der Waals surface area contributed by atoms with Gasteiger partial charge < -0.3 is 18.8 Å². The average Bonchev–Trinajstić information content (AvgIpc) is 3.53.